The molecule has 0 aliphatic carbocycles. The standard InChI is InChI=1S/C17H18FNO4S/c1-12-3-5-13(6-4-12)23-10-9-17(20)19-16-11-14(24(2,21)22)7-8-15(16)18/h3-8,11H,9-10H2,1-2H3,(H,19,20). The van der Waals surface area contributed by atoms with Crippen LogP contribution in [0.3, 0.4) is 0 Å². The number of anilines is 1. The van der Waals surface area contributed by atoms with Gasteiger partial charge in [0.25, 0.3) is 0 Å². The Morgan fingerprint density at radius 3 is 2.46 bits per heavy atom. The van der Waals surface area contributed by atoms with Gasteiger partial charge in [0, 0.05) is 6.26 Å². The zero-order valence-corrected chi connectivity index (χ0v) is 14.2. The summed E-state index contributed by atoms with van der Waals surface area (Å²) in [6.45, 7) is 2.08. The summed E-state index contributed by atoms with van der Waals surface area (Å²) in [5.41, 5.74) is 0.930. The highest BCUT2D eigenvalue weighted by atomic mass is 32.2. The molecule has 0 bridgehead atoms. The van der Waals surface area contributed by atoms with Crippen molar-refractivity contribution in [3.8, 4) is 5.75 Å². The van der Waals surface area contributed by atoms with Gasteiger partial charge in [-0.25, -0.2) is 12.8 Å². The van der Waals surface area contributed by atoms with Crippen molar-refractivity contribution in [1.82, 2.24) is 0 Å². The predicted molar refractivity (Wildman–Crippen MR) is 89.4 cm³/mol. The Bertz CT molecular complexity index is 832. The number of ether oxygens (including phenoxy) is 1. The molecule has 5 nitrogen and oxygen atoms in total. The molecule has 7 heteroatoms. The molecule has 0 aliphatic rings. The van der Waals surface area contributed by atoms with Crippen LogP contribution in [0, 0.1) is 12.7 Å². The average Bonchev–Trinajstić information content (AvgIpc) is 2.50. The lowest BCUT2D eigenvalue weighted by atomic mass is 10.2. The molecule has 0 saturated carbocycles. The molecule has 0 atom stereocenters. The smallest absolute Gasteiger partial charge is 0.227 e. The van der Waals surface area contributed by atoms with Gasteiger partial charge in [-0.3, -0.25) is 4.79 Å². The highest BCUT2D eigenvalue weighted by Gasteiger charge is 2.13. The van der Waals surface area contributed by atoms with E-state index in [4.69, 9.17) is 4.74 Å². The molecule has 0 aliphatic heterocycles. The number of halogens is 1. The van der Waals surface area contributed by atoms with E-state index in [1.165, 1.54) is 0 Å². The van der Waals surface area contributed by atoms with Gasteiger partial charge in [-0.05, 0) is 37.3 Å². The molecule has 0 radical (unpaired) electrons. The molecule has 0 fully saturated rings. The number of hydrogen-bond acceptors (Lipinski definition) is 4. The van der Waals surface area contributed by atoms with Gasteiger partial charge in [0.2, 0.25) is 5.91 Å². The van der Waals surface area contributed by atoms with E-state index in [1.807, 2.05) is 19.1 Å². The molecule has 128 valence electrons. The Kier molecular flexibility index (Phi) is 5.56. The van der Waals surface area contributed by atoms with Crippen LogP contribution in [0.15, 0.2) is 47.4 Å². The number of amides is 1. The summed E-state index contributed by atoms with van der Waals surface area (Å²) in [5.74, 6) is -0.527. The summed E-state index contributed by atoms with van der Waals surface area (Å²) >= 11 is 0. The first kappa shape index (κ1) is 17.9. The van der Waals surface area contributed by atoms with Crippen molar-refractivity contribution in [3.63, 3.8) is 0 Å². The van der Waals surface area contributed by atoms with Crippen molar-refractivity contribution in [1.29, 1.82) is 0 Å². The minimum Gasteiger partial charge on any atom is -0.493 e. The minimum absolute atomic E-state index is 0.0103. The Morgan fingerprint density at radius 2 is 1.83 bits per heavy atom. The molecular weight excluding hydrogens is 333 g/mol. The third kappa shape index (κ3) is 5.06. The molecule has 0 saturated heterocycles. The molecule has 2 aromatic rings. The lowest BCUT2D eigenvalue weighted by Crippen LogP contribution is -2.16. The van der Waals surface area contributed by atoms with Gasteiger partial charge in [-0.15, -0.1) is 0 Å². The average molecular weight is 351 g/mol. The van der Waals surface area contributed by atoms with Crippen LogP contribution in [-0.2, 0) is 14.6 Å². The quantitative estimate of drug-likeness (QED) is 0.812. The number of nitrogens with one attached hydrogen (secondary N) is 1. The molecule has 0 spiro atoms. The van der Waals surface area contributed by atoms with Crippen molar-refractivity contribution in [2.45, 2.75) is 18.2 Å². The minimum atomic E-state index is -3.48. The first-order valence-corrected chi connectivity index (χ1v) is 9.14. The van der Waals surface area contributed by atoms with Crippen molar-refractivity contribution in [2.75, 3.05) is 18.2 Å². The van der Waals surface area contributed by atoms with Crippen LogP contribution in [0.5, 0.6) is 5.75 Å². The van der Waals surface area contributed by atoms with Crippen LogP contribution < -0.4 is 10.1 Å². The fraction of sp³-hybridized carbons (Fsp3) is 0.235. The molecule has 2 rings (SSSR count). The number of benzene rings is 2. The van der Waals surface area contributed by atoms with E-state index in [-0.39, 0.29) is 23.6 Å². The fourth-order valence-electron chi connectivity index (χ4n) is 1.94. The maximum atomic E-state index is 13.7. The number of rotatable bonds is 6. The molecular formula is C17H18FNO4S. The third-order valence-corrected chi connectivity index (χ3v) is 4.37. The van der Waals surface area contributed by atoms with Crippen molar-refractivity contribution in [2.24, 2.45) is 0 Å². The van der Waals surface area contributed by atoms with Gasteiger partial charge in [0.15, 0.2) is 9.84 Å². The van der Waals surface area contributed by atoms with E-state index < -0.39 is 21.6 Å². The summed E-state index contributed by atoms with van der Waals surface area (Å²) in [7, 11) is -3.48. The Hall–Kier alpha value is -2.41. The number of hydrogen-bond donors (Lipinski definition) is 1. The van der Waals surface area contributed by atoms with Crippen LogP contribution in [0.1, 0.15) is 12.0 Å². The summed E-state index contributed by atoms with van der Waals surface area (Å²) < 4.78 is 42.1. The van der Waals surface area contributed by atoms with Gasteiger partial charge in [0.05, 0.1) is 23.6 Å². The van der Waals surface area contributed by atoms with Crippen LogP contribution in [0.25, 0.3) is 0 Å². The van der Waals surface area contributed by atoms with Gasteiger partial charge in [-0.1, -0.05) is 17.7 Å². The van der Waals surface area contributed by atoms with Crippen molar-refractivity contribution < 1.29 is 22.3 Å². The van der Waals surface area contributed by atoms with E-state index >= 15 is 0 Å². The molecule has 0 heterocycles. The van der Waals surface area contributed by atoms with Gasteiger partial charge in [0.1, 0.15) is 11.6 Å². The number of aryl methyl sites for hydroxylation is 1. The highest BCUT2D eigenvalue weighted by molar-refractivity contribution is 7.90. The fourth-order valence-corrected chi connectivity index (χ4v) is 2.59. The number of sulfone groups is 1. The van der Waals surface area contributed by atoms with E-state index in [2.05, 4.69) is 5.32 Å². The van der Waals surface area contributed by atoms with Crippen molar-refractivity contribution in [3.05, 3.63) is 53.8 Å². The second-order valence-corrected chi connectivity index (χ2v) is 7.39. The lowest BCUT2D eigenvalue weighted by Gasteiger charge is -2.09. The van der Waals surface area contributed by atoms with Crippen LogP contribution in [-0.4, -0.2) is 27.2 Å². The van der Waals surface area contributed by atoms with E-state index in [0.29, 0.717) is 5.75 Å². The molecule has 2 aromatic carbocycles. The largest absolute Gasteiger partial charge is 0.493 e. The molecule has 0 unspecified atom stereocenters. The SMILES string of the molecule is Cc1ccc(OCCC(=O)Nc2cc(S(C)(=O)=O)ccc2F)cc1. The first-order chi connectivity index (χ1) is 11.3. The summed E-state index contributed by atoms with van der Waals surface area (Å²) in [5, 5.41) is 2.36. The monoisotopic (exact) mass is 351 g/mol. The van der Waals surface area contributed by atoms with Crippen LogP contribution >= 0.6 is 0 Å². The zero-order valence-electron chi connectivity index (χ0n) is 13.4. The molecule has 1 amide bonds. The number of carbonyl (C=O) groups excluding carboxylic acids is 1. The normalized spacial score (nSPS) is 11.1. The first-order valence-electron chi connectivity index (χ1n) is 7.24. The van der Waals surface area contributed by atoms with E-state index in [1.54, 1.807) is 12.1 Å². The Morgan fingerprint density at radius 1 is 1.17 bits per heavy atom. The van der Waals surface area contributed by atoms with Crippen LogP contribution in [0.2, 0.25) is 0 Å². The maximum Gasteiger partial charge on any atom is 0.227 e. The summed E-state index contributed by atoms with van der Waals surface area (Å²) in [4.78, 5) is 11.8. The topological polar surface area (TPSA) is 72.5 Å². The summed E-state index contributed by atoms with van der Waals surface area (Å²) in [6, 6.07) is 10.6. The second-order valence-electron chi connectivity index (χ2n) is 5.37. The zero-order chi connectivity index (χ0) is 17.7. The van der Waals surface area contributed by atoms with E-state index in [0.717, 1.165) is 30.0 Å². The molecule has 24 heavy (non-hydrogen) atoms. The molecule has 0 aromatic heterocycles. The summed E-state index contributed by atoms with van der Waals surface area (Å²) in [6.07, 6.45) is 1.03. The van der Waals surface area contributed by atoms with Gasteiger partial charge >= 0.3 is 0 Å². The Labute approximate surface area is 140 Å². The lowest BCUT2D eigenvalue weighted by molar-refractivity contribution is -0.116. The Balaban J connectivity index is 1.93. The van der Waals surface area contributed by atoms with Crippen molar-refractivity contribution >= 4 is 21.4 Å². The predicted octanol–water partition coefficient (Wildman–Crippen LogP) is 2.95. The second kappa shape index (κ2) is 7.44. The van der Waals surface area contributed by atoms with Crippen LogP contribution in [0.4, 0.5) is 10.1 Å². The van der Waals surface area contributed by atoms with E-state index in [9.17, 15) is 17.6 Å². The maximum absolute atomic E-state index is 13.7. The molecule has 1 N–H and O–H groups in total. The third-order valence-electron chi connectivity index (χ3n) is 3.26. The van der Waals surface area contributed by atoms with Gasteiger partial charge in [-0.2, -0.15) is 0 Å². The number of carbonyl (C=O) groups is 1. The highest BCUT2D eigenvalue weighted by Crippen LogP contribution is 2.20. The van der Waals surface area contributed by atoms with Gasteiger partial charge < -0.3 is 10.1 Å².